The molecule has 0 fully saturated rings. The van der Waals surface area contributed by atoms with E-state index in [4.69, 9.17) is 5.73 Å². The smallest absolute Gasteiger partial charge is 0.297 e. The lowest BCUT2D eigenvalue weighted by molar-refractivity contribution is 0.0946. The molecule has 2 aromatic heterocycles. The molecule has 0 bridgehead atoms. The normalized spacial score (nSPS) is 10.8. The fourth-order valence-corrected chi connectivity index (χ4v) is 0.991. The van der Waals surface area contributed by atoms with Gasteiger partial charge in [-0.25, -0.2) is 10.1 Å². The number of aromatic amines is 1. The Bertz CT molecular complexity index is 500. The van der Waals surface area contributed by atoms with Gasteiger partial charge in [0.2, 0.25) is 11.5 Å². The quantitative estimate of drug-likeness (QED) is 0.486. The summed E-state index contributed by atoms with van der Waals surface area (Å²) >= 11 is 0. The standard InChI is InChI=1S/C8H8N6O2/c9-7-6(13-16-14-7)8(15)12-11-4-5-2-1-3-10-5/h1-4,10H,(H2,9,14)(H,12,15). The van der Waals surface area contributed by atoms with E-state index < -0.39 is 5.91 Å². The number of carbonyl (C=O) groups is 1. The lowest BCUT2D eigenvalue weighted by atomic mass is 10.4. The SMILES string of the molecule is Nc1nonc1C(=O)NN=Cc1ccc[nH]1. The van der Waals surface area contributed by atoms with Crippen LogP contribution in [0.2, 0.25) is 0 Å². The second-order valence-corrected chi connectivity index (χ2v) is 2.82. The lowest BCUT2D eigenvalue weighted by Crippen LogP contribution is -2.19. The number of hydrogen-bond donors (Lipinski definition) is 3. The van der Waals surface area contributed by atoms with E-state index in [9.17, 15) is 4.79 Å². The van der Waals surface area contributed by atoms with Crippen LogP contribution in [0.4, 0.5) is 5.82 Å². The Balaban J connectivity index is 1.97. The van der Waals surface area contributed by atoms with Gasteiger partial charge in [0.05, 0.1) is 11.9 Å². The van der Waals surface area contributed by atoms with Gasteiger partial charge in [0.1, 0.15) is 0 Å². The molecule has 0 radical (unpaired) electrons. The van der Waals surface area contributed by atoms with Gasteiger partial charge in [0.25, 0.3) is 5.91 Å². The molecule has 8 heteroatoms. The number of rotatable bonds is 3. The predicted octanol–water partition coefficient (Wildman–Crippen LogP) is -0.256. The van der Waals surface area contributed by atoms with Crippen LogP contribution < -0.4 is 11.2 Å². The van der Waals surface area contributed by atoms with E-state index in [1.807, 2.05) is 6.07 Å². The summed E-state index contributed by atoms with van der Waals surface area (Å²) in [6.45, 7) is 0. The molecule has 0 atom stereocenters. The monoisotopic (exact) mass is 220 g/mol. The number of nitrogens with two attached hydrogens (primary N) is 1. The maximum Gasteiger partial charge on any atom is 0.297 e. The van der Waals surface area contributed by atoms with Gasteiger partial charge in [0.15, 0.2) is 0 Å². The molecule has 1 amide bonds. The van der Waals surface area contributed by atoms with Gasteiger partial charge in [-0.15, -0.1) is 0 Å². The molecule has 0 aliphatic rings. The van der Waals surface area contributed by atoms with Crippen LogP contribution in [0.3, 0.4) is 0 Å². The molecule has 2 rings (SSSR count). The van der Waals surface area contributed by atoms with E-state index in [0.717, 1.165) is 5.69 Å². The molecule has 4 N–H and O–H groups in total. The Kier molecular flexibility index (Phi) is 2.63. The van der Waals surface area contributed by atoms with Gasteiger partial charge in [-0.2, -0.15) is 5.10 Å². The Morgan fingerprint density at radius 3 is 3.12 bits per heavy atom. The summed E-state index contributed by atoms with van der Waals surface area (Å²) in [5.74, 6) is -0.658. The number of amides is 1. The van der Waals surface area contributed by atoms with Crippen molar-refractivity contribution in [3.8, 4) is 0 Å². The van der Waals surface area contributed by atoms with Crippen molar-refractivity contribution in [1.29, 1.82) is 0 Å². The highest BCUT2D eigenvalue weighted by Gasteiger charge is 2.14. The number of nitrogens with one attached hydrogen (secondary N) is 2. The number of carbonyl (C=O) groups excluding carboxylic acids is 1. The van der Waals surface area contributed by atoms with Crippen molar-refractivity contribution in [2.45, 2.75) is 0 Å². The van der Waals surface area contributed by atoms with E-state index >= 15 is 0 Å². The van der Waals surface area contributed by atoms with E-state index in [1.54, 1.807) is 12.3 Å². The van der Waals surface area contributed by atoms with Crippen LogP contribution in [0.5, 0.6) is 0 Å². The molecule has 0 aliphatic carbocycles. The predicted molar refractivity (Wildman–Crippen MR) is 54.6 cm³/mol. The number of hydrazone groups is 1. The second-order valence-electron chi connectivity index (χ2n) is 2.82. The van der Waals surface area contributed by atoms with Gasteiger partial charge in [-0.3, -0.25) is 4.79 Å². The average Bonchev–Trinajstić information content (AvgIpc) is 2.88. The Morgan fingerprint density at radius 2 is 2.50 bits per heavy atom. The van der Waals surface area contributed by atoms with Crippen LogP contribution in [0.1, 0.15) is 16.2 Å². The molecule has 82 valence electrons. The molecule has 0 saturated carbocycles. The molecule has 0 aromatic carbocycles. The fourth-order valence-electron chi connectivity index (χ4n) is 0.991. The Hall–Kier alpha value is -2.64. The summed E-state index contributed by atoms with van der Waals surface area (Å²) in [4.78, 5) is 14.3. The fraction of sp³-hybridized carbons (Fsp3) is 0. The number of anilines is 1. The maximum atomic E-state index is 11.4. The van der Waals surface area contributed by atoms with E-state index in [2.05, 4.69) is 30.5 Å². The molecule has 2 aromatic rings. The molecule has 0 saturated heterocycles. The van der Waals surface area contributed by atoms with Crippen LogP contribution in [-0.4, -0.2) is 27.4 Å². The molecule has 2 heterocycles. The maximum absolute atomic E-state index is 11.4. The highest BCUT2D eigenvalue weighted by Crippen LogP contribution is 2.02. The van der Waals surface area contributed by atoms with Crippen LogP contribution in [-0.2, 0) is 0 Å². The van der Waals surface area contributed by atoms with Gasteiger partial charge in [0, 0.05) is 6.20 Å². The van der Waals surface area contributed by atoms with Crippen LogP contribution in [0.15, 0.2) is 28.1 Å². The van der Waals surface area contributed by atoms with Gasteiger partial charge >= 0.3 is 0 Å². The van der Waals surface area contributed by atoms with Crippen molar-refractivity contribution in [2.75, 3.05) is 5.73 Å². The molecule has 16 heavy (non-hydrogen) atoms. The first-order chi connectivity index (χ1) is 7.77. The summed E-state index contributed by atoms with van der Waals surface area (Å²) < 4.78 is 4.27. The van der Waals surface area contributed by atoms with Crippen molar-refractivity contribution in [1.82, 2.24) is 20.7 Å². The topological polar surface area (TPSA) is 122 Å². The molecule has 0 unspecified atom stereocenters. The van der Waals surface area contributed by atoms with E-state index in [1.165, 1.54) is 6.21 Å². The van der Waals surface area contributed by atoms with E-state index in [-0.39, 0.29) is 11.5 Å². The zero-order chi connectivity index (χ0) is 11.4. The number of nitrogen functional groups attached to an aromatic ring is 1. The first-order valence-corrected chi connectivity index (χ1v) is 4.32. The van der Waals surface area contributed by atoms with E-state index in [0.29, 0.717) is 0 Å². The largest absolute Gasteiger partial charge is 0.379 e. The summed E-state index contributed by atoms with van der Waals surface area (Å²) in [6, 6.07) is 3.60. The summed E-state index contributed by atoms with van der Waals surface area (Å²) in [5, 5.41) is 10.3. The highest BCUT2D eigenvalue weighted by atomic mass is 16.6. The molecular weight excluding hydrogens is 212 g/mol. The third kappa shape index (κ3) is 2.05. The third-order valence-corrected chi connectivity index (χ3v) is 1.72. The number of H-pyrrole nitrogens is 1. The first kappa shape index (κ1) is 9.90. The van der Waals surface area contributed by atoms with Gasteiger partial charge < -0.3 is 10.7 Å². The summed E-state index contributed by atoms with van der Waals surface area (Å²) in [6.07, 6.45) is 3.18. The third-order valence-electron chi connectivity index (χ3n) is 1.72. The van der Waals surface area contributed by atoms with Crippen molar-refractivity contribution >= 4 is 17.9 Å². The van der Waals surface area contributed by atoms with Crippen molar-refractivity contribution in [3.63, 3.8) is 0 Å². The van der Waals surface area contributed by atoms with Crippen LogP contribution in [0, 0.1) is 0 Å². The lowest BCUT2D eigenvalue weighted by Gasteiger charge is -1.93. The molecule has 8 nitrogen and oxygen atoms in total. The number of aromatic nitrogens is 3. The van der Waals surface area contributed by atoms with Gasteiger partial charge in [-0.1, -0.05) is 0 Å². The van der Waals surface area contributed by atoms with Crippen LogP contribution >= 0.6 is 0 Å². The second kappa shape index (κ2) is 4.26. The van der Waals surface area contributed by atoms with Crippen molar-refractivity contribution in [2.24, 2.45) is 5.10 Å². The Labute approximate surface area is 89.5 Å². The molecule has 0 aliphatic heterocycles. The molecular formula is C8H8N6O2. The van der Waals surface area contributed by atoms with Gasteiger partial charge in [-0.05, 0) is 22.4 Å². The first-order valence-electron chi connectivity index (χ1n) is 4.32. The minimum absolute atomic E-state index is 0.0763. The van der Waals surface area contributed by atoms with Crippen molar-refractivity contribution < 1.29 is 9.42 Å². The number of hydrogen-bond acceptors (Lipinski definition) is 6. The van der Waals surface area contributed by atoms with Crippen molar-refractivity contribution in [3.05, 3.63) is 29.7 Å². The summed E-state index contributed by atoms with van der Waals surface area (Å²) in [7, 11) is 0. The Morgan fingerprint density at radius 1 is 1.62 bits per heavy atom. The summed E-state index contributed by atoms with van der Waals surface area (Å²) in [5.41, 5.74) is 8.22. The zero-order valence-electron chi connectivity index (χ0n) is 8.04. The minimum Gasteiger partial charge on any atom is -0.379 e. The average molecular weight is 220 g/mol. The zero-order valence-corrected chi connectivity index (χ0v) is 8.04. The van der Waals surface area contributed by atoms with Crippen LogP contribution in [0.25, 0.3) is 0 Å². The molecule has 0 spiro atoms. The number of nitrogens with zero attached hydrogens (tertiary/aromatic N) is 3. The minimum atomic E-state index is -0.582. The highest BCUT2D eigenvalue weighted by molar-refractivity contribution is 5.96.